The summed E-state index contributed by atoms with van der Waals surface area (Å²) in [5.74, 6) is 0.224. The van der Waals surface area contributed by atoms with E-state index in [0.717, 1.165) is 12.0 Å². The van der Waals surface area contributed by atoms with Crippen LogP contribution in [0.1, 0.15) is 30.1 Å². The molecule has 0 radical (unpaired) electrons. The van der Waals surface area contributed by atoms with Crippen molar-refractivity contribution in [3.8, 4) is 11.3 Å². The Labute approximate surface area is 152 Å². The zero-order valence-electron chi connectivity index (χ0n) is 15.1. The van der Waals surface area contributed by atoms with Gasteiger partial charge in [0, 0.05) is 31.3 Å². The largest absolute Gasteiger partial charge is 0.382 e. The van der Waals surface area contributed by atoms with Crippen molar-refractivity contribution in [1.82, 2.24) is 19.8 Å². The highest BCUT2D eigenvalue weighted by Gasteiger charge is 2.35. The molecule has 1 aromatic carbocycles. The number of aromatic nitrogens is 2. The van der Waals surface area contributed by atoms with Crippen LogP contribution in [0, 0.1) is 0 Å². The molecule has 26 heavy (non-hydrogen) atoms. The van der Waals surface area contributed by atoms with Gasteiger partial charge < -0.3 is 15.5 Å². The summed E-state index contributed by atoms with van der Waals surface area (Å²) in [6.07, 6.45) is 4.57. The van der Waals surface area contributed by atoms with Crippen molar-refractivity contribution in [1.29, 1.82) is 0 Å². The van der Waals surface area contributed by atoms with Gasteiger partial charge in [-0.25, -0.2) is 4.98 Å². The smallest absolute Gasteiger partial charge is 0.254 e. The standard InChI is InChI=1S/C19H23N5O2/c1-3-5-16-19(26)23(2)8-9-24(16)18(25)14-7-4-6-13(10-14)15-11-22-17(20)12-21-15/h4,6-7,10-12,16H,3,5,8-9H2,1-2H3,(H2,20,22). The second-order valence-electron chi connectivity index (χ2n) is 6.47. The Bertz CT molecular complexity index is 806. The molecule has 2 heterocycles. The van der Waals surface area contributed by atoms with Gasteiger partial charge in [-0.1, -0.05) is 25.5 Å². The van der Waals surface area contributed by atoms with Gasteiger partial charge in [-0.3, -0.25) is 14.6 Å². The molecule has 3 rings (SSSR count). The van der Waals surface area contributed by atoms with E-state index >= 15 is 0 Å². The number of piperazine rings is 1. The van der Waals surface area contributed by atoms with Crippen LogP contribution in [0.4, 0.5) is 5.82 Å². The van der Waals surface area contributed by atoms with Crippen molar-refractivity contribution < 1.29 is 9.59 Å². The number of nitrogens with zero attached hydrogens (tertiary/aromatic N) is 4. The maximum Gasteiger partial charge on any atom is 0.254 e. The fourth-order valence-electron chi connectivity index (χ4n) is 3.17. The predicted molar refractivity (Wildman–Crippen MR) is 99.2 cm³/mol. The molecule has 7 heteroatoms. The summed E-state index contributed by atoms with van der Waals surface area (Å²) in [6, 6.07) is 6.84. The van der Waals surface area contributed by atoms with Crippen molar-refractivity contribution >= 4 is 17.6 Å². The number of carbonyl (C=O) groups is 2. The lowest BCUT2D eigenvalue weighted by Crippen LogP contribution is -2.57. The van der Waals surface area contributed by atoms with Crippen LogP contribution in [0.15, 0.2) is 36.7 Å². The first-order chi connectivity index (χ1) is 12.5. The summed E-state index contributed by atoms with van der Waals surface area (Å²) in [6.45, 7) is 3.11. The summed E-state index contributed by atoms with van der Waals surface area (Å²) in [7, 11) is 1.78. The first-order valence-corrected chi connectivity index (χ1v) is 8.75. The summed E-state index contributed by atoms with van der Waals surface area (Å²) in [5.41, 5.74) is 7.55. The Morgan fingerprint density at radius 1 is 1.27 bits per heavy atom. The number of hydrogen-bond acceptors (Lipinski definition) is 5. The van der Waals surface area contributed by atoms with Crippen LogP contribution in [0.25, 0.3) is 11.3 Å². The molecule has 0 spiro atoms. The van der Waals surface area contributed by atoms with Gasteiger partial charge >= 0.3 is 0 Å². The highest BCUT2D eigenvalue weighted by atomic mass is 16.2. The van der Waals surface area contributed by atoms with E-state index in [1.807, 2.05) is 19.1 Å². The summed E-state index contributed by atoms with van der Waals surface area (Å²) < 4.78 is 0. The van der Waals surface area contributed by atoms with Crippen molar-refractivity contribution in [2.75, 3.05) is 25.9 Å². The molecule has 1 aliphatic heterocycles. The molecule has 1 saturated heterocycles. The minimum Gasteiger partial charge on any atom is -0.382 e. The molecule has 0 aliphatic carbocycles. The van der Waals surface area contributed by atoms with E-state index in [1.165, 1.54) is 6.20 Å². The molecule has 1 aliphatic rings. The van der Waals surface area contributed by atoms with Crippen LogP contribution in [-0.4, -0.2) is 57.8 Å². The SMILES string of the molecule is CCCC1C(=O)N(C)CCN1C(=O)c1cccc(-c2cnc(N)cn2)c1. The number of benzene rings is 1. The van der Waals surface area contributed by atoms with Crippen LogP contribution in [-0.2, 0) is 4.79 Å². The predicted octanol–water partition coefficient (Wildman–Crippen LogP) is 1.81. The van der Waals surface area contributed by atoms with Gasteiger partial charge in [0.05, 0.1) is 18.1 Å². The summed E-state index contributed by atoms with van der Waals surface area (Å²) >= 11 is 0. The summed E-state index contributed by atoms with van der Waals surface area (Å²) in [5, 5.41) is 0. The van der Waals surface area contributed by atoms with E-state index in [4.69, 9.17) is 5.73 Å². The lowest BCUT2D eigenvalue weighted by atomic mass is 10.0. The van der Waals surface area contributed by atoms with Gasteiger partial charge in [-0.2, -0.15) is 0 Å². The molecule has 1 fully saturated rings. The van der Waals surface area contributed by atoms with E-state index in [2.05, 4.69) is 9.97 Å². The molecule has 7 nitrogen and oxygen atoms in total. The second kappa shape index (κ2) is 7.51. The van der Waals surface area contributed by atoms with E-state index in [0.29, 0.717) is 36.6 Å². The molecule has 1 atom stereocenters. The Hall–Kier alpha value is -2.96. The first-order valence-electron chi connectivity index (χ1n) is 8.75. The Kier molecular flexibility index (Phi) is 5.16. The van der Waals surface area contributed by atoms with Crippen LogP contribution in [0.3, 0.4) is 0 Å². The normalized spacial score (nSPS) is 17.5. The summed E-state index contributed by atoms with van der Waals surface area (Å²) in [4.78, 5) is 37.2. The molecule has 136 valence electrons. The number of nitrogens with two attached hydrogens (primary N) is 1. The maximum absolute atomic E-state index is 13.1. The minimum atomic E-state index is -0.397. The van der Waals surface area contributed by atoms with Crippen molar-refractivity contribution in [3.05, 3.63) is 42.2 Å². The molecular weight excluding hydrogens is 330 g/mol. The van der Waals surface area contributed by atoms with Gasteiger partial charge in [-0.05, 0) is 18.6 Å². The third kappa shape index (κ3) is 3.51. The molecule has 1 unspecified atom stereocenters. The molecule has 2 N–H and O–H groups in total. The van der Waals surface area contributed by atoms with Crippen LogP contribution in [0.2, 0.25) is 0 Å². The monoisotopic (exact) mass is 353 g/mol. The lowest BCUT2D eigenvalue weighted by molar-refractivity contribution is -0.138. The van der Waals surface area contributed by atoms with E-state index in [-0.39, 0.29) is 11.8 Å². The molecular formula is C19H23N5O2. The number of rotatable bonds is 4. The van der Waals surface area contributed by atoms with Crippen molar-refractivity contribution in [2.45, 2.75) is 25.8 Å². The van der Waals surface area contributed by atoms with E-state index < -0.39 is 6.04 Å². The molecule has 2 aromatic rings. The first kappa shape index (κ1) is 17.8. The van der Waals surface area contributed by atoms with E-state index in [9.17, 15) is 9.59 Å². The van der Waals surface area contributed by atoms with Crippen LogP contribution >= 0.6 is 0 Å². The number of carbonyl (C=O) groups excluding carboxylic acids is 2. The quantitative estimate of drug-likeness (QED) is 0.905. The van der Waals surface area contributed by atoms with Crippen LogP contribution in [0.5, 0.6) is 0 Å². The Balaban J connectivity index is 1.88. The van der Waals surface area contributed by atoms with E-state index in [1.54, 1.807) is 35.2 Å². The average molecular weight is 353 g/mol. The highest BCUT2D eigenvalue weighted by molar-refractivity contribution is 5.99. The highest BCUT2D eigenvalue weighted by Crippen LogP contribution is 2.22. The number of anilines is 1. The number of nitrogen functional groups attached to an aromatic ring is 1. The van der Waals surface area contributed by atoms with Gasteiger partial charge in [0.2, 0.25) is 5.91 Å². The topological polar surface area (TPSA) is 92.4 Å². The number of hydrogen-bond donors (Lipinski definition) is 1. The third-order valence-electron chi connectivity index (χ3n) is 4.61. The van der Waals surface area contributed by atoms with Gasteiger partial charge in [-0.15, -0.1) is 0 Å². The minimum absolute atomic E-state index is 0.00649. The van der Waals surface area contributed by atoms with Crippen LogP contribution < -0.4 is 5.73 Å². The van der Waals surface area contributed by atoms with Crippen molar-refractivity contribution in [3.63, 3.8) is 0 Å². The van der Waals surface area contributed by atoms with Gasteiger partial charge in [0.25, 0.3) is 5.91 Å². The van der Waals surface area contributed by atoms with Gasteiger partial charge in [0.15, 0.2) is 0 Å². The second-order valence-corrected chi connectivity index (χ2v) is 6.47. The fraction of sp³-hybridized carbons (Fsp3) is 0.368. The fourth-order valence-corrected chi connectivity index (χ4v) is 3.17. The van der Waals surface area contributed by atoms with Gasteiger partial charge in [0.1, 0.15) is 11.9 Å². The average Bonchev–Trinajstić information content (AvgIpc) is 2.66. The molecule has 1 aromatic heterocycles. The lowest BCUT2D eigenvalue weighted by Gasteiger charge is -2.39. The zero-order chi connectivity index (χ0) is 18.7. The Morgan fingerprint density at radius 3 is 2.77 bits per heavy atom. The molecule has 0 bridgehead atoms. The number of likely N-dealkylation sites (N-methyl/N-ethyl adjacent to an activating group) is 1. The third-order valence-corrected chi connectivity index (χ3v) is 4.61. The number of amides is 2. The zero-order valence-corrected chi connectivity index (χ0v) is 15.1. The Morgan fingerprint density at radius 2 is 2.08 bits per heavy atom. The molecule has 2 amide bonds. The molecule has 0 saturated carbocycles. The maximum atomic E-state index is 13.1. The van der Waals surface area contributed by atoms with Crippen molar-refractivity contribution in [2.24, 2.45) is 0 Å².